The Morgan fingerprint density at radius 1 is 1.11 bits per heavy atom. The third-order valence-electron chi connectivity index (χ3n) is 4.66. The molecule has 144 valence electrons. The molecule has 1 aliphatic rings. The fourth-order valence-corrected chi connectivity index (χ4v) is 4.71. The molecule has 1 aliphatic heterocycles. The van der Waals surface area contributed by atoms with Crippen LogP contribution in [0.1, 0.15) is 28.8 Å². The minimum atomic E-state index is -3.59. The van der Waals surface area contributed by atoms with Gasteiger partial charge in [-0.15, -0.1) is 0 Å². The molecular weight excluding hydrogens is 364 g/mol. The number of hydrogen-bond donors (Lipinski definition) is 1. The van der Waals surface area contributed by atoms with Gasteiger partial charge in [0.2, 0.25) is 10.0 Å². The summed E-state index contributed by atoms with van der Waals surface area (Å²) in [5, 5.41) is 2.84. The van der Waals surface area contributed by atoms with Crippen LogP contribution in [0.3, 0.4) is 0 Å². The topological polar surface area (TPSA) is 75.7 Å². The molecule has 0 atom stereocenters. The molecule has 1 saturated heterocycles. The summed E-state index contributed by atoms with van der Waals surface area (Å²) in [5.74, 6) is 0.00818. The van der Waals surface area contributed by atoms with Gasteiger partial charge in [0.25, 0.3) is 5.91 Å². The zero-order valence-electron chi connectivity index (χ0n) is 15.3. The predicted molar refractivity (Wildman–Crippen MR) is 103 cm³/mol. The minimum Gasteiger partial charge on any atom is -0.496 e. The van der Waals surface area contributed by atoms with Gasteiger partial charge in [-0.3, -0.25) is 4.79 Å². The molecule has 2 aromatic rings. The van der Waals surface area contributed by atoms with E-state index in [0.717, 1.165) is 18.4 Å². The first-order chi connectivity index (χ1) is 13.0. The average Bonchev–Trinajstić information content (AvgIpc) is 3.24. The van der Waals surface area contributed by atoms with E-state index in [0.29, 0.717) is 31.8 Å². The molecule has 7 heteroatoms. The van der Waals surface area contributed by atoms with Crippen molar-refractivity contribution < 1.29 is 17.9 Å². The summed E-state index contributed by atoms with van der Waals surface area (Å²) in [4.78, 5) is 12.7. The molecule has 0 unspecified atom stereocenters. The summed E-state index contributed by atoms with van der Waals surface area (Å²) in [6.07, 6.45) is 2.42. The Morgan fingerprint density at radius 3 is 2.48 bits per heavy atom. The van der Waals surface area contributed by atoms with E-state index in [2.05, 4.69) is 5.32 Å². The number of nitrogens with one attached hydrogen (secondary N) is 1. The minimum absolute atomic E-state index is 0.124. The van der Waals surface area contributed by atoms with Gasteiger partial charge >= 0.3 is 0 Å². The number of methoxy groups -OCH3 is 1. The van der Waals surface area contributed by atoms with E-state index in [4.69, 9.17) is 4.74 Å². The zero-order valence-corrected chi connectivity index (χ0v) is 16.2. The third-order valence-corrected chi connectivity index (χ3v) is 6.56. The molecule has 2 aromatic carbocycles. The summed E-state index contributed by atoms with van der Waals surface area (Å²) in [5.41, 5.74) is 1.35. The number of carbonyl (C=O) groups excluding carboxylic acids is 1. The van der Waals surface area contributed by atoms with Gasteiger partial charge in [0, 0.05) is 19.6 Å². The number of ether oxygens (including phenoxy) is 1. The number of benzene rings is 2. The zero-order chi connectivity index (χ0) is 19.3. The molecule has 0 saturated carbocycles. The maximum atomic E-state index is 12.8. The monoisotopic (exact) mass is 388 g/mol. The van der Waals surface area contributed by atoms with Crippen molar-refractivity contribution in [2.75, 3.05) is 26.7 Å². The van der Waals surface area contributed by atoms with Crippen molar-refractivity contribution in [3.8, 4) is 5.75 Å². The van der Waals surface area contributed by atoms with E-state index < -0.39 is 10.0 Å². The van der Waals surface area contributed by atoms with Crippen LogP contribution < -0.4 is 10.1 Å². The maximum Gasteiger partial charge on any atom is 0.255 e. The highest BCUT2D eigenvalue weighted by atomic mass is 32.2. The molecule has 27 heavy (non-hydrogen) atoms. The first-order valence-electron chi connectivity index (χ1n) is 9.02. The van der Waals surface area contributed by atoms with Gasteiger partial charge < -0.3 is 10.1 Å². The second kappa shape index (κ2) is 8.54. The second-order valence-corrected chi connectivity index (χ2v) is 8.40. The molecule has 1 N–H and O–H groups in total. The number of nitrogens with zero attached hydrogens (tertiary/aromatic N) is 1. The van der Waals surface area contributed by atoms with Gasteiger partial charge in [0.05, 0.1) is 17.6 Å². The van der Waals surface area contributed by atoms with Crippen LogP contribution in [0.4, 0.5) is 0 Å². The van der Waals surface area contributed by atoms with Crippen LogP contribution in [0.15, 0.2) is 53.4 Å². The average molecular weight is 388 g/mol. The lowest BCUT2D eigenvalue weighted by atomic mass is 10.1. The summed E-state index contributed by atoms with van der Waals surface area (Å²) >= 11 is 0. The Bertz CT molecular complexity index is 891. The molecule has 0 aliphatic carbocycles. The van der Waals surface area contributed by atoms with Crippen LogP contribution in [-0.4, -0.2) is 45.4 Å². The van der Waals surface area contributed by atoms with Gasteiger partial charge in [-0.25, -0.2) is 8.42 Å². The highest BCUT2D eigenvalue weighted by molar-refractivity contribution is 7.89. The summed E-state index contributed by atoms with van der Waals surface area (Å²) in [6.45, 7) is 1.50. The van der Waals surface area contributed by atoms with Crippen molar-refractivity contribution in [3.63, 3.8) is 0 Å². The Hall–Kier alpha value is -2.38. The molecule has 1 heterocycles. The van der Waals surface area contributed by atoms with Crippen molar-refractivity contribution >= 4 is 15.9 Å². The van der Waals surface area contributed by atoms with Gasteiger partial charge in [0.15, 0.2) is 0 Å². The number of sulfonamides is 1. The number of rotatable bonds is 7. The van der Waals surface area contributed by atoms with Crippen LogP contribution in [-0.2, 0) is 16.4 Å². The summed E-state index contributed by atoms with van der Waals surface area (Å²) in [7, 11) is -2.12. The fraction of sp³-hybridized carbons (Fsp3) is 0.350. The smallest absolute Gasteiger partial charge is 0.255 e. The van der Waals surface area contributed by atoms with Crippen molar-refractivity contribution in [1.29, 1.82) is 0 Å². The quantitative estimate of drug-likeness (QED) is 0.791. The highest BCUT2D eigenvalue weighted by Gasteiger charge is 2.28. The predicted octanol–water partition coefficient (Wildman–Crippen LogP) is 2.45. The van der Waals surface area contributed by atoms with E-state index in [1.54, 1.807) is 0 Å². The molecule has 0 spiro atoms. The normalized spacial score (nSPS) is 14.9. The Balaban J connectivity index is 1.75. The van der Waals surface area contributed by atoms with Gasteiger partial charge in [-0.2, -0.15) is 4.31 Å². The molecule has 0 aromatic heterocycles. The Morgan fingerprint density at radius 2 is 1.81 bits per heavy atom. The summed E-state index contributed by atoms with van der Waals surface area (Å²) in [6, 6.07) is 14.3. The van der Waals surface area contributed by atoms with E-state index in [1.807, 2.05) is 30.3 Å². The van der Waals surface area contributed by atoms with Crippen molar-refractivity contribution in [1.82, 2.24) is 9.62 Å². The molecule has 0 bridgehead atoms. The van der Waals surface area contributed by atoms with Crippen molar-refractivity contribution in [2.45, 2.75) is 24.2 Å². The summed E-state index contributed by atoms with van der Waals surface area (Å²) < 4.78 is 32.2. The molecule has 0 radical (unpaired) electrons. The molecule has 3 rings (SSSR count). The Labute approximate surface area is 160 Å². The third kappa shape index (κ3) is 4.48. The van der Waals surface area contributed by atoms with Crippen LogP contribution in [0.25, 0.3) is 0 Å². The molecule has 6 nitrogen and oxygen atoms in total. The highest BCUT2D eigenvalue weighted by Crippen LogP contribution is 2.26. The van der Waals surface area contributed by atoms with E-state index in [-0.39, 0.29) is 16.4 Å². The van der Waals surface area contributed by atoms with Crippen molar-refractivity contribution in [3.05, 3.63) is 59.7 Å². The Kier molecular flexibility index (Phi) is 6.13. The lowest BCUT2D eigenvalue weighted by Crippen LogP contribution is -2.29. The van der Waals surface area contributed by atoms with E-state index in [9.17, 15) is 13.2 Å². The van der Waals surface area contributed by atoms with E-state index >= 15 is 0 Å². The van der Waals surface area contributed by atoms with Crippen LogP contribution in [0.5, 0.6) is 5.75 Å². The molecule has 1 amide bonds. The van der Waals surface area contributed by atoms with Crippen LogP contribution in [0, 0.1) is 0 Å². The number of hydrogen-bond acceptors (Lipinski definition) is 4. The van der Waals surface area contributed by atoms with Crippen LogP contribution in [0.2, 0.25) is 0 Å². The maximum absolute atomic E-state index is 12.8. The molecule has 1 fully saturated rings. The van der Waals surface area contributed by atoms with Gasteiger partial charge in [-0.05, 0) is 43.0 Å². The van der Waals surface area contributed by atoms with E-state index in [1.165, 1.54) is 29.6 Å². The largest absolute Gasteiger partial charge is 0.496 e. The van der Waals surface area contributed by atoms with Gasteiger partial charge in [-0.1, -0.05) is 30.3 Å². The first-order valence-corrected chi connectivity index (χ1v) is 10.5. The van der Waals surface area contributed by atoms with Gasteiger partial charge in [0.1, 0.15) is 5.75 Å². The second-order valence-electron chi connectivity index (χ2n) is 6.46. The fourth-order valence-electron chi connectivity index (χ4n) is 3.16. The molecular formula is C20H24N2O4S. The lowest BCUT2D eigenvalue weighted by molar-refractivity contribution is 0.0951. The standard InChI is InChI=1S/C20H24N2O4S/c1-26-19-10-9-17(27(24,25)22-13-5-6-14-22)15-18(19)20(23)21-12-11-16-7-3-2-4-8-16/h2-4,7-10,15H,5-6,11-14H2,1H3,(H,21,23). The van der Waals surface area contributed by atoms with Crippen molar-refractivity contribution in [2.24, 2.45) is 0 Å². The first kappa shape index (κ1) is 19.4. The SMILES string of the molecule is COc1ccc(S(=O)(=O)N2CCCC2)cc1C(=O)NCCc1ccccc1. The number of carbonyl (C=O) groups is 1. The number of amides is 1. The van der Waals surface area contributed by atoms with Crippen LogP contribution >= 0.6 is 0 Å². The lowest BCUT2D eigenvalue weighted by Gasteiger charge is -2.17.